The summed E-state index contributed by atoms with van der Waals surface area (Å²) in [5, 5.41) is 0. The average Bonchev–Trinajstić information content (AvgIpc) is 3.49. The van der Waals surface area contributed by atoms with Crippen LogP contribution >= 0.6 is 12.4 Å². The van der Waals surface area contributed by atoms with E-state index >= 15 is 0 Å². The van der Waals surface area contributed by atoms with Crippen LogP contribution in [0.25, 0.3) is 16.6 Å². The number of ether oxygens (including phenoxy) is 2. The molecule has 2 aliphatic rings. The van der Waals surface area contributed by atoms with Crippen LogP contribution in [0.15, 0.2) is 41.3 Å². The summed E-state index contributed by atoms with van der Waals surface area (Å²) in [5.41, 5.74) is 4.20. The first-order valence-electron chi connectivity index (χ1n) is 11.8. The van der Waals surface area contributed by atoms with E-state index in [1.807, 2.05) is 10.5 Å². The summed E-state index contributed by atoms with van der Waals surface area (Å²) >= 11 is 0. The Labute approximate surface area is 212 Å². The Hall–Kier alpha value is -3.27. The van der Waals surface area contributed by atoms with E-state index in [1.54, 1.807) is 30.3 Å². The minimum Gasteiger partial charge on any atom is -0.381 e. The standard InChI is InChI=1S/C26H25FN4O4.ClH/c1-34-14-17-11-22-20(12-19(17)26(33)30-7-4-16-10-18(27)2-3-21(16)30)29-25(32)23-13-28-24(31(22)23)15-5-8-35-9-6-15;/h2-3,10-13,15H,4-9,14H2,1H3,(H,29,32);1H. The van der Waals surface area contributed by atoms with Crippen molar-refractivity contribution in [1.82, 2.24) is 14.4 Å². The van der Waals surface area contributed by atoms with E-state index in [1.165, 1.54) is 12.1 Å². The van der Waals surface area contributed by atoms with Crippen molar-refractivity contribution < 1.29 is 18.7 Å². The third kappa shape index (κ3) is 3.97. The lowest BCUT2D eigenvalue weighted by Crippen LogP contribution is -2.30. The average molecular weight is 513 g/mol. The fourth-order valence-corrected chi connectivity index (χ4v) is 5.33. The number of carbonyl (C=O) groups is 1. The van der Waals surface area contributed by atoms with Gasteiger partial charge in [0.1, 0.15) is 17.2 Å². The first-order chi connectivity index (χ1) is 17.0. The third-order valence-corrected chi connectivity index (χ3v) is 7.03. The van der Waals surface area contributed by atoms with E-state index in [-0.39, 0.29) is 42.2 Å². The van der Waals surface area contributed by atoms with Crippen molar-refractivity contribution in [3.8, 4) is 0 Å². The number of carbonyl (C=O) groups excluding carboxylic acids is 1. The van der Waals surface area contributed by atoms with Crippen molar-refractivity contribution in [2.45, 2.75) is 31.8 Å². The van der Waals surface area contributed by atoms with Gasteiger partial charge < -0.3 is 19.4 Å². The maximum absolute atomic E-state index is 13.7. The molecule has 0 radical (unpaired) electrons. The van der Waals surface area contributed by atoms with Crippen molar-refractivity contribution in [2.75, 3.05) is 31.8 Å². The SMILES string of the molecule is COCc1cc2c(cc1C(=O)N1CCc3cc(F)ccc31)[nH]c(=O)c1cnc(C3CCOCC3)n12.Cl. The topological polar surface area (TPSA) is 88.9 Å². The molecule has 4 heterocycles. The van der Waals surface area contributed by atoms with Crippen LogP contribution in [0.5, 0.6) is 0 Å². The number of hydrogen-bond acceptors (Lipinski definition) is 5. The van der Waals surface area contributed by atoms with Gasteiger partial charge in [-0.25, -0.2) is 9.37 Å². The summed E-state index contributed by atoms with van der Waals surface area (Å²) in [6.45, 7) is 2.01. The lowest BCUT2D eigenvalue weighted by atomic mass is 9.99. The second kappa shape index (κ2) is 9.65. The van der Waals surface area contributed by atoms with Crippen LogP contribution in [0.2, 0.25) is 0 Å². The number of hydrogen-bond donors (Lipinski definition) is 1. The summed E-state index contributed by atoms with van der Waals surface area (Å²) < 4.78 is 26.6. The zero-order valence-corrected chi connectivity index (χ0v) is 20.6. The Bertz CT molecular complexity index is 1530. The van der Waals surface area contributed by atoms with Crippen molar-refractivity contribution in [3.05, 3.63) is 75.2 Å². The number of nitrogens with zero attached hydrogens (tertiary/aromatic N) is 3. The lowest BCUT2D eigenvalue weighted by molar-refractivity contribution is 0.0835. The van der Waals surface area contributed by atoms with Gasteiger partial charge in [0, 0.05) is 44.0 Å². The molecule has 4 aromatic rings. The molecule has 1 saturated heterocycles. The van der Waals surface area contributed by atoms with E-state index in [9.17, 15) is 14.0 Å². The Balaban J connectivity index is 0.00000267. The number of methoxy groups -OCH3 is 1. The minimum atomic E-state index is -0.314. The van der Waals surface area contributed by atoms with Gasteiger partial charge in [0.15, 0.2) is 0 Å². The predicted molar refractivity (Wildman–Crippen MR) is 136 cm³/mol. The fraction of sp³-hybridized carbons (Fsp3) is 0.346. The molecular weight excluding hydrogens is 487 g/mol. The maximum Gasteiger partial charge on any atom is 0.274 e. The molecule has 10 heteroatoms. The van der Waals surface area contributed by atoms with Gasteiger partial charge in [-0.2, -0.15) is 0 Å². The van der Waals surface area contributed by atoms with Gasteiger partial charge in [0.2, 0.25) is 0 Å². The largest absolute Gasteiger partial charge is 0.381 e. The quantitative estimate of drug-likeness (QED) is 0.447. The number of rotatable bonds is 4. The van der Waals surface area contributed by atoms with Crippen LogP contribution in [0, 0.1) is 5.82 Å². The molecule has 1 amide bonds. The van der Waals surface area contributed by atoms with Gasteiger partial charge in [-0.1, -0.05) is 0 Å². The van der Waals surface area contributed by atoms with Gasteiger partial charge in [-0.05, 0) is 60.7 Å². The highest BCUT2D eigenvalue weighted by molar-refractivity contribution is 6.09. The number of aromatic amines is 1. The normalized spacial score (nSPS) is 15.9. The third-order valence-electron chi connectivity index (χ3n) is 7.03. The zero-order chi connectivity index (χ0) is 24.1. The van der Waals surface area contributed by atoms with Crippen LogP contribution in [0.3, 0.4) is 0 Å². The molecule has 0 spiro atoms. The van der Waals surface area contributed by atoms with Crippen LogP contribution in [-0.2, 0) is 22.5 Å². The monoisotopic (exact) mass is 512 g/mol. The van der Waals surface area contributed by atoms with Crippen molar-refractivity contribution in [2.24, 2.45) is 0 Å². The zero-order valence-electron chi connectivity index (χ0n) is 19.8. The molecule has 1 N–H and O–H groups in total. The van der Waals surface area contributed by atoms with Crippen LogP contribution < -0.4 is 10.5 Å². The van der Waals surface area contributed by atoms with Crippen molar-refractivity contribution in [3.63, 3.8) is 0 Å². The highest BCUT2D eigenvalue weighted by atomic mass is 35.5. The number of anilines is 1. The molecule has 2 aromatic carbocycles. The summed E-state index contributed by atoms with van der Waals surface area (Å²) in [4.78, 5) is 35.8. The molecule has 0 atom stereocenters. The molecule has 2 aromatic heterocycles. The summed E-state index contributed by atoms with van der Waals surface area (Å²) in [6, 6.07) is 8.11. The van der Waals surface area contributed by atoms with Gasteiger partial charge in [0.05, 0.1) is 23.8 Å². The Kier molecular flexibility index (Phi) is 6.55. The Morgan fingerprint density at radius 3 is 2.81 bits per heavy atom. The second-order valence-electron chi connectivity index (χ2n) is 9.12. The van der Waals surface area contributed by atoms with Gasteiger partial charge >= 0.3 is 0 Å². The molecule has 0 bridgehead atoms. The Morgan fingerprint density at radius 2 is 2.03 bits per heavy atom. The summed E-state index contributed by atoms with van der Waals surface area (Å²) in [7, 11) is 1.58. The Morgan fingerprint density at radius 1 is 1.22 bits per heavy atom. The number of H-pyrrole nitrogens is 1. The van der Waals surface area contributed by atoms with Gasteiger partial charge in [0.25, 0.3) is 11.5 Å². The van der Waals surface area contributed by atoms with E-state index in [4.69, 9.17) is 9.47 Å². The molecule has 0 unspecified atom stereocenters. The summed E-state index contributed by atoms with van der Waals surface area (Å²) in [5.74, 6) is 0.494. The van der Waals surface area contributed by atoms with Crippen molar-refractivity contribution in [1.29, 1.82) is 0 Å². The van der Waals surface area contributed by atoms with E-state index < -0.39 is 0 Å². The number of nitrogens with one attached hydrogen (secondary N) is 1. The molecule has 2 aliphatic heterocycles. The molecule has 36 heavy (non-hydrogen) atoms. The van der Waals surface area contributed by atoms with Gasteiger partial charge in [-0.15, -0.1) is 12.4 Å². The second-order valence-corrected chi connectivity index (χ2v) is 9.12. The minimum absolute atomic E-state index is 0. The highest BCUT2D eigenvalue weighted by Crippen LogP contribution is 2.32. The molecule has 0 saturated carbocycles. The van der Waals surface area contributed by atoms with Crippen LogP contribution in [0.1, 0.15) is 46.1 Å². The molecule has 6 rings (SSSR count). The number of imidazole rings is 1. The highest BCUT2D eigenvalue weighted by Gasteiger charge is 2.29. The van der Waals surface area contributed by atoms with Crippen LogP contribution in [-0.4, -0.2) is 47.1 Å². The number of aromatic nitrogens is 3. The first-order valence-corrected chi connectivity index (χ1v) is 11.8. The number of amides is 1. The maximum atomic E-state index is 13.7. The smallest absolute Gasteiger partial charge is 0.274 e. The molecular formula is C26H26ClFN4O4. The number of benzene rings is 2. The molecule has 0 aliphatic carbocycles. The lowest BCUT2D eigenvalue weighted by Gasteiger charge is -2.22. The van der Waals surface area contributed by atoms with E-state index in [2.05, 4.69) is 9.97 Å². The predicted octanol–water partition coefficient (Wildman–Crippen LogP) is 3.98. The van der Waals surface area contributed by atoms with E-state index in [0.717, 1.165) is 29.7 Å². The molecule has 8 nitrogen and oxygen atoms in total. The molecule has 1 fully saturated rings. The summed E-state index contributed by atoms with van der Waals surface area (Å²) in [6.07, 6.45) is 3.87. The fourth-order valence-electron chi connectivity index (χ4n) is 5.33. The number of fused-ring (bicyclic) bond motifs is 4. The van der Waals surface area contributed by atoms with Gasteiger partial charge in [-0.3, -0.25) is 14.0 Å². The van der Waals surface area contributed by atoms with Crippen molar-refractivity contribution >= 4 is 40.6 Å². The van der Waals surface area contributed by atoms with Crippen LogP contribution in [0.4, 0.5) is 10.1 Å². The molecule has 188 valence electrons. The first kappa shape index (κ1) is 24.4. The van der Waals surface area contributed by atoms with E-state index in [0.29, 0.717) is 54.0 Å². The number of halogens is 2.